The van der Waals surface area contributed by atoms with Gasteiger partial charge in [-0.05, 0) is 22.4 Å². The molecule has 1 N–H and O–H groups in total. The molecule has 0 aliphatic carbocycles. The number of nitrogens with zero attached hydrogens (tertiary/aromatic N) is 2. The maximum atomic E-state index is 5.76. The van der Waals surface area contributed by atoms with Crippen LogP contribution in [0.4, 0.5) is 5.95 Å². The van der Waals surface area contributed by atoms with Gasteiger partial charge in [-0.25, -0.2) is 4.98 Å². The van der Waals surface area contributed by atoms with Crippen molar-refractivity contribution in [2.75, 3.05) is 18.3 Å². The number of ether oxygens (including phenoxy) is 1. The third-order valence-corrected chi connectivity index (χ3v) is 2.83. The molecule has 0 bridgehead atoms. The van der Waals surface area contributed by atoms with E-state index >= 15 is 0 Å². The lowest BCUT2D eigenvalue weighted by Gasteiger charge is -2.13. The average molecular weight is 295 g/mol. The molecular weight excluding hydrogens is 281 g/mol. The minimum atomic E-state index is 0.178. The number of halogens is 2. The van der Waals surface area contributed by atoms with Crippen LogP contribution >= 0.6 is 27.5 Å². The Morgan fingerprint density at radius 1 is 1.67 bits per heavy atom. The summed E-state index contributed by atoms with van der Waals surface area (Å²) in [5.74, 6) is 1.57. The van der Waals surface area contributed by atoms with Gasteiger partial charge in [0.05, 0.1) is 17.8 Å². The number of anilines is 1. The van der Waals surface area contributed by atoms with E-state index in [9.17, 15) is 0 Å². The summed E-state index contributed by atoms with van der Waals surface area (Å²) >= 11 is 9.05. The highest BCUT2D eigenvalue weighted by Crippen LogP contribution is 2.22. The van der Waals surface area contributed by atoms with Crippen molar-refractivity contribution in [1.29, 1.82) is 0 Å². The predicted octanol–water partition coefficient (Wildman–Crippen LogP) is 2.68. The van der Waals surface area contributed by atoms with E-state index in [1.54, 1.807) is 13.3 Å². The fourth-order valence-corrected chi connectivity index (χ4v) is 1.64. The third kappa shape index (κ3) is 3.50. The largest absolute Gasteiger partial charge is 0.480 e. The summed E-state index contributed by atoms with van der Waals surface area (Å²) in [5.41, 5.74) is 0. The van der Waals surface area contributed by atoms with Gasteiger partial charge in [0, 0.05) is 11.9 Å². The van der Waals surface area contributed by atoms with Crippen LogP contribution in [-0.2, 0) is 0 Å². The molecule has 0 saturated carbocycles. The fourth-order valence-electron chi connectivity index (χ4n) is 0.996. The molecule has 1 atom stereocenters. The van der Waals surface area contributed by atoms with Gasteiger partial charge >= 0.3 is 0 Å². The fraction of sp³-hybridized carbons (Fsp3) is 0.556. The molecule has 84 valence electrons. The van der Waals surface area contributed by atoms with E-state index in [-0.39, 0.29) is 6.04 Å². The lowest BCUT2D eigenvalue weighted by atomic mass is 10.3. The van der Waals surface area contributed by atoms with Crippen LogP contribution in [0.1, 0.15) is 13.3 Å². The molecular formula is C9H13BrClN3O. The van der Waals surface area contributed by atoms with Crippen LogP contribution in [0.3, 0.4) is 0 Å². The van der Waals surface area contributed by atoms with Gasteiger partial charge in [0.1, 0.15) is 0 Å². The van der Waals surface area contributed by atoms with Crippen molar-refractivity contribution in [3.05, 3.63) is 10.7 Å². The number of rotatable bonds is 5. The average Bonchev–Trinajstić information content (AvgIpc) is 2.28. The maximum absolute atomic E-state index is 5.76. The molecule has 0 aliphatic heterocycles. The SMILES string of the molecule is CCC(CCl)Nc1ncc(Br)c(OC)n1. The van der Waals surface area contributed by atoms with Crippen molar-refractivity contribution in [2.45, 2.75) is 19.4 Å². The normalized spacial score (nSPS) is 12.3. The number of methoxy groups -OCH3 is 1. The Kier molecular flexibility index (Phi) is 5.11. The van der Waals surface area contributed by atoms with Crippen molar-refractivity contribution in [3.63, 3.8) is 0 Å². The highest BCUT2D eigenvalue weighted by Gasteiger charge is 2.08. The molecule has 0 fully saturated rings. The molecule has 0 spiro atoms. The van der Waals surface area contributed by atoms with Gasteiger partial charge in [-0.3, -0.25) is 0 Å². The zero-order valence-electron chi connectivity index (χ0n) is 8.63. The van der Waals surface area contributed by atoms with E-state index in [0.29, 0.717) is 17.7 Å². The highest BCUT2D eigenvalue weighted by molar-refractivity contribution is 9.10. The first-order valence-electron chi connectivity index (χ1n) is 4.60. The molecule has 1 rings (SSSR count). The summed E-state index contributed by atoms with van der Waals surface area (Å²) in [6.07, 6.45) is 2.57. The van der Waals surface area contributed by atoms with Crippen LogP contribution in [-0.4, -0.2) is 29.0 Å². The van der Waals surface area contributed by atoms with Crippen molar-refractivity contribution in [1.82, 2.24) is 9.97 Å². The van der Waals surface area contributed by atoms with Crippen molar-refractivity contribution in [3.8, 4) is 5.88 Å². The zero-order chi connectivity index (χ0) is 11.3. The van der Waals surface area contributed by atoms with Gasteiger partial charge in [0.25, 0.3) is 0 Å². The summed E-state index contributed by atoms with van der Waals surface area (Å²) in [6, 6.07) is 0.178. The van der Waals surface area contributed by atoms with Crippen molar-refractivity contribution < 1.29 is 4.74 Å². The van der Waals surface area contributed by atoms with Crippen LogP contribution in [0.25, 0.3) is 0 Å². The first-order chi connectivity index (χ1) is 7.21. The first kappa shape index (κ1) is 12.5. The molecule has 1 aromatic heterocycles. The minimum Gasteiger partial charge on any atom is -0.480 e. The van der Waals surface area contributed by atoms with Crippen LogP contribution in [0.2, 0.25) is 0 Å². The minimum absolute atomic E-state index is 0.178. The van der Waals surface area contributed by atoms with Gasteiger partial charge < -0.3 is 10.1 Å². The summed E-state index contributed by atoms with van der Waals surface area (Å²) in [5, 5.41) is 3.13. The molecule has 0 saturated heterocycles. The van der Waals surface area contributed by atoms with E-state index in [2.05, 4.69) is 38.1 Å². The van der Waals surface area contributed by atoms with E-state index in [0.717, 1.165) is 10.9 Å². The van der Waals surface area contributed by atoms with Gasteiger partial charge in [0.2, 0.25) is 11.8 Å². The Bertz CT molecular complexity index is 320. The highest BCUT2D eigenvalue weighted by atomic mass is 79.9. The lowest BCUT2D eigenvalue weighted by molar-refractivity contribution is 0.394. The van der Waals surface area contributed by atoms with Crippen LogP contribution < -0.4 is 10.1 Å². The molecule has 1 heterocycles. The number of nitrogens with one attached hydrogen (secondary N) is 1. The standard InChI is InChI=1S/C9H13BrClN3O/c1-3-6(4-11)13-9-12-5-7(10)8(14-9)15-2/h5-6H,3-4H2,1-2H3,(H,12,13,14). The first-order valence-corrected chi connectivity index (χ1v) is 5.93. The molecule has 0 amide bonds. The number of hydrogen-bond donors (Lipinski definition) is 1. The second kappa shape index (κ2) is 6.12. The lowest BCUT2D eigenvalue weighted by Crippen LogP contribution is -2.21. The summed E-state index contributed by atoms with van der Waals surface area (Å²) in [4.78, 5) is 8.29. The van der Waals surface area contributed by atoms with E-state index in [4.69, 9.17) is 16.3 Å². The van der Waals surface area contributed by atoms with Gasteiger partial charge in [0.15, 0.2) is 0 Å². The quantitative estimate of drug-likeness (QED) is 0.848. The Morgan fingerprint density at radius 2 is 2.40 bits per heavy atom. The summed E-state index contributed by atoms with van der Waals surface area (Å²) in [7, 11) is 1.57. The Labute approximate surface area is 103 Å². The van der Waals surface area contributed by atoms with Crippen LogP contribution in [0, 0.1) is 0 Å². The Morgan fingerprint density at radius 3 is 2.93 bits per heavy atom. The van der Waals surface area contributed by atoms with Gasteiger partial charge in [-0.1, -0.05) is 6.92 Å². The maximum Gasteiger partial charge on any atom is 0.232 e. The molecule has 6 heteroatoms. The smallest absolute Gasteiger partial charge is 0.232 e. The molecule has 0 aliphatic rings. The number of alkyl halides is 1. The monoisotopic (exact) mass is 293 g/mol. The van der Waals surface area contributed by atoms with E-state index in [1.807, 2.05) is 0 Å². The van der Waals surface area contributed by atoms with Gasteiger partial charge in [-0.15, -0.1) is 11.6 Å². The predicted molar refractivity (Wildman–Crippen MR) is 64.7 cm³/mol. The number of aromatic nitrogens is 2. The second-order valence-electron chi connectivity index (χ2n) is 2.95. The zero-order valence-corrected chi connectivity index (χ0v) is 11.0. The van der Waals surface area contributed by atoms with Crippen molar-refractivity contribution in [2.24, 2.45) is 0 Å². The second-order valence-corrected chi connectivity index (χ2v) is 4.12. The molecule has 15 heavy (non-hydrogen) atoms. The molecule has 0 aromatic carbocycles. The topological polar surface area (TPSA) is 47.0 Å². The molecule has 1 unspecified atom stereocenters. The molecule has 4 nitrogen and oxygen atoms in total. The summed E-state index contributed by atoms with van der Waals surface area (Å²) in [6.45, 7) is 2.05. The molecule has 1 aromatic rings. The van der Waals surface area contributed by atoms with Gasteiger partial charge in [-0.2, -0.15) is 4.98 Å². The third-order valence-electron chi connectivity index (χ3n) is 1.92. The number of hydrogen-bond acceptors (Lipinski definition) is 4. The van der Waals surface area contributed by atoms with Crippen LogP contribution in [0.15, 0.2) is 10.7 Å². The summed E-state index contributed by atoms with van der Waals surface area (Å²) < 4.78 is 5.79. The molecule has 0 radical (unpaired) electrons. The Hall–Kier alpha value is -0.550. The Balaban J connectivity index is 2.77. The van der Waals surface area contributed by atoms with E-state index < -0.39 is 0 Å². The van der Waals surface area contributed by atoms with Crippen molar-refractivity contribution >= 4 is 33.5 Å². The van der Waals surface area contributed by atoms with E-state index in [1.165, 1.54) is 0 Å². The van der Waals surface area contributed by atoms with Crippen LogP contribution in [0.5, 0.6) is 5.88 Å².